The average Bonchev–Trinajstić information content (AvgIpc) is 2.65. The predicted molar refractivity (Wildman–Crippen MR) is 96.0 cm³/mol. The summed E-state index contributed by atoms with van der Waals surface area (Å²) in [5, 5.41) is 0. The molecular weight excluding hydrogens is 302 g/mol. The van der Waals surface area contributed by atoms with E-state index in [0.29, 0.717) is 13.2 Å². The summed E-state index contributed by atoms with van der Waals surface area (Å²) in [6, 6.07) is 13.9. The molecule has 0 N–H and O–H groups in total. The van der Waals surface area contributed by atoms with Gasteiger partial charge in [0.2, 0.25) is 0 Å². The number of rotatable bonds is 7. The molecule has 1 aromatic heterocycles. The standard InChI is InChI=1S/C19H25N3O2/c1-2-23-17-6-8-18(9-7-17)24-16-15-21-11-13-22(14-12-21)19-5-3-4-10-20-19/h3-10H,2,11-16H2,1H3. The summed E-state index contributed by atoms with van der Waals surface area (Å²) < 4.78 is 11.3. The van der Waals surface area contributed by atoms with Crippen LogP contribution in [0.2, 0.25) is 0 Å². The lowest BCUT2D eigenvalue weighted by molar-refractivity contribution is 0.200. The van der Waals surface area contributed by atoms with Crippen LogP contribution in [0, 0.1) is 0 Å². The van der Waals surface area contributed by atoms with Gasteiger partial charge in [-0.25, -0.2) is 4.98 Å². The van der Waals surface area contributed by atoms with E-state index < -0.39 is 0 Å². The molecule has 0 atom stereocenters. The maximum absolute atomic E-state index is 5.83. The first-order valence-electron chi connectivity index (χ1n) is 8.59. The van der Waals surface area contributed by atoms with Gasteiger partial charge in [-0.05, 0) is 43.3 Å². The zero-order valence-corrected chi connectivity index (χ0v) is 14.2. The summed E-state index contributed by atoms with van der Waals surface area (Å²) in [4.78, 5) is 9.20. The van der Waals surface area contributed by atoms with E-state index in [0.717, 1.165) is 50.0 Å². The van der Waals surface area contributed by atoms with Crippen LogP contribution in [-0.4, -0.2) is 55.8 Å². The molecule has 128 valence electrons. The normalized spacial score (nSPS) is 15.3. The van der Waals surface area contributed by atoms with E-state index in [1.807, 2.05) is 49.5 Å². The smallest absolute Gasteiger partial charge is 0.128 e. The molecule has 5 nitrogen and oxygen atoms in total. The molecule has 0 bridgehead atoms. The number of hydrogen-bond donors (Lipinski definition) is 0. The van der Waals surface area contributed by atoms with Crippen LogP contribution in [0.3, 0.4) is 0 Å². The van der Waals surface area contributed by atoms with Crippen molar-refractivity contribution in [3.05, 3.63) is 48.7 Å². The lowest BCUT2D eigenvalue weighted by atomic mass is 10.3. The summed E-state index contributed by atoms with van der Waals surface area (Å²) >= 11 is 0. The highest BCUT2D eigenvalue weighted by Gasteiger charge is 2.17. The lowest BCUT2D eigenvalue weighted by Crippen LogP contribution is -2.47. The van der Waals surface area contributed by atoms with Crippen LogP contribution in [0.4, 0.5) is 5.82 Å². The van der Waals surface area contributed by atoms with Crippen molar-refractivity contribution < 1.29 is 9.47 Å². The highest BCUT2D eigenvalue weighted by molar-refractivity contribution is 5.38. The van der Waals surface area contributed by atoms with Gasteiger partial charge >= 0.3 is 0 Å². The van der Waals surface area contributed by atoms with Crippen molar-refractivity contribution >= 4 is 5.82 Å². The number of anilines is 1. The first-order chi connectivity index (χ1) is 11.8. The number of nitrogens with zero attached hydrogens (tertiary/aromatic N) is 3. The third-order valence-corrected chi connectivity index (χ3v) is 4.16. The Bertz CT molecular complexity index is 596. The molecule has 2 aromatic rings. The predicted octanol–water partition coefficient (Wildman–Crippen LogP) is 2.68. The molecule has 0 radical (unpaired) electrons. The Morgan fingerprint density at radius 2 is 1.62 bits per heavy atom. The highest BCUT2D eigenvalue weighted by Crippen LogP contribution is 2.17. The molecule has 5 heteroatoms. The minimum atomic E-state index is 0.685. The summed E-state index contributed by atoms with van der Waals surface area (Å²) in [6.45, 7) is 8.44. The summed E-state index contributed by atoms with van der Waals surface area (Å²) in [7, 11) is 0. The molecule has 0 saturated carbocycles. The van der Waals surface area contributed by atoms with E-state index in [4.69, 9.17) is 9.47 Å². The van der Waals surface area contributed by atoms with Crippen LogP contribution in [0.1, 0.15) is 6.92 Å². The van der Waals surface area contributed by atoms with Gasteiger partial charge in [-0.2, -0.15) is 0 Å². The largest absolute Gasteiger partial charge is 0.494 e. The minimum absolute atomic E-state index is 0.685. The maximum Gasteiger partial charge on any atom is 0.128 e. The molecule has 1 fully saturated rings. The van der Waals surface area contributed by atoms with Gasteiger partial charge < -0.3 is 14.4 Å². The van der Waals surface area contributed by atoms with E-state index in [9.17, 15) is 0 Å². The fourth-order valence-corrected chi connectivity index (χ4v) is 2.83. The lowest BCUT2D eigenvalue weighted by Gasteiger charge is -2.35. The number of ether oxygens (including phenoxy) is 2. The number of aromatic nitrogens is 1. The third kappa shape index (κ3) is 4.61. The third-order valence-electron chi connectivity index (χ3n) is 4.16. The molecule has 1 aliphatic rings. The van der Waals surface area contributed by atoms with Crippen LogP contribution >= 0.6 is 0 Å². The fourth-order valence-electron chi connectivity index (χ4n) is 2.83. The van der Waals surface area contributed by atoms with Crippen molar-refractivity contribution in [2.45, 2.75) is 6.92 Å². The molecule has 2 heterocycles. The van der Waals surface area contributed by atoms with Crippen molar-refractivity contribution in [2.75, 3.05) is 50.8 Å². The van der Waals surface area contributed by atoms with Crippen molar-refractivity contribution in [3.8, 4) is 11.5 Å². The summed E-state index contributed by atoms with van der Waals surface area (Å²) in [5.74, 6) is 2.85. The second-order valence-corrected chi connectivity index (χ2v) is 5.77. The van der Waals surface area contributed by atoms with Crippen molar-refractivity contribution in [3.63, 3.8) is 0 Å². The van der Waals surface area contributed by atoms with Gasteiger partial charge in [0.25, 0.3) is 0 Å². The quantitative estimate of drug-likeness (QED) is 0.782. The first kappa shape index (κ1) is 16.6. The number of pyridine rings is 1. The van der Waals surface area contributed by atoms with Crippen LogP contribution in [0.5, 0.6) is 11.5 Å². The van der Waals surface area contributed by atoms with E-state index in [2.05, 4.69) is 20.9 Å². The zero-order valence-electron chi connectivity index (χ0n) is 14.2. The molecule has 0 spiro atoms. The number of benzene rings is 1. The Hall–Kier alpha value is -2.27. The van der Waals surface area contributed by atoms with Gasteiger partial charge in [-0.3, -0.25) is 4.90 Å². The van der Waals surface area contributed by atoms with Gasteiger partial charge in [0.1, 0.15) is 23.9 Å². The second kappa shape index (κ2) is 8.55. The molecule has 0 amide bonds. The van der Waals surface area contributed by atoms with Crippen molar-refractivity contribution in [1.82, 2.24) is 9.88 Å². The van der Waals surface area contributed by atoms with Gasteiger partial charge in [0, 0.05) is 38.9 Å². The minimum Gasteiger partial charge on any atom is -0.494 e. The van der Waals surface area contributed by atoms with E-state index in [1.54, 1.807) is 0 Å². The molecule has 3 rings (SSSR count). The maximum atomic E-state index is 5.83. The first-order valence-corrected chi connectivity index (χ1v) is 8.59. The second-order valence-electron chi connectivity index (χ2n) is 5.77. The monoisotopic (exact) mass is 327 g/mol. The van der Waals surface area contributed by atoms with Gasteiger partial charge in [0.15, 0.2) is 0 Å². The van der Waals surface area contributed by atoms with Crippen LogP contribution in [0.25, 0.3) is 0 Å². The molecule has 1 saturated heterocycles. The highest BCUT2D eigenvalue weighted by atomic mass is 16.5. The number of hydrogen-bond acceptors (Lipinski definition) is 5. The Kier molecular flexibility index (Phi) is 5.90. The molecule has 0 aliphatic carbocycles. The van der Waals surface area contributed by atoms with Crippen LogP contribution in [-0.2, 0) is 0 Å². The summed E-state index contributed by atoms with van der Waals surface area (Å²) in [6.07, 6.45) is 1.85. The molecule has 24 heavy (non-hydrogen) atoms. The van der Waals surface area contributed by atoms with E-state index in [-0.39, 0.29) is 0 Å². The topological polar surface area (TPSA) is 37.8 Å². The van der Waals surface area contributed by atoms with Gasteiger partial charge in [0.05, 0.1) is 6.61 Å². The Balaban J connectivity index is 1.37. The zero-order chi connectivity index (χ0) is 16.6. The van der Waals surface area contributed by atoms with Crippen LogP contribution < -0.4 is 14.4 Å². The molecule has 1 aromatic carbocycles. The Morgan fingerprint density at radius 3 is 2.25 bits per heavy atom. The molecule has 0 unspecified atom stereocenters. The van der Waals surface area contributed by atoms with Gasteiger partial charge in [-0.1, -0.05) is 6.07 Å². The van der Waals surface area contributed by atoms with E-state index in [1.165, 1.54) is 0 Å². The van der Waals surface area contributed by atoms with Crippen molar-refractivity contribution in [2.24, 2.45) is 0 Å². The SMILES string of the molecule is CCOc1ccc(OCCN2CCN(c3ccccn3)CC2)cc1. The molecule has 1 aliphatic heterocycles. The van der Waals surface area contributed by atoms with Crippen molar-refractivity contribution in [1.29, 1.82) is 0 Å². The Labute approximate surface area is 143 Å². The van der Waals surface area contributed by atoms with Gasteiger partial charge in [-0.15, -0.1) is 0 Å². The molecular formula is C19H25N3O2. The Morgan fingerprint density at radius 1 is 0.917 bits per heavy atom. The van der Waals surface area contributed by atoms with Crippen LogP contribution in [0.15, 0.2) is 48.7 Å². The van der Waals surface area contributed by atoms with E-state index >= 15 is 0 Å². The number of piperazine rings is 1. The fraction of sp³-hybridized carbons (Fsp3) is 0.421. The summed E-state index contributed by atoms with van der Waals surface area (Å²) in [5.41, 5.74) is 0. The average molecular weight is 327 g/mol.